The lowest BCUT2D eigenvalue weighted by atomic mass is 10.1. The monoisotopic (exact) mass is 316 g/mol. The van der Waals surface area contributed by atoms with Crippen molar-refractivity contribution in [3.63, 3.8) is 0 Å². The molecule has 114 valence electrons. The van der Waals surface area contributed by atoms with Crippen molar-refractivity contribution in [3.05, 3.63) is 17.0 Å². The van der Waals surface area contributed by atoms with Crippen LogP contribution in [0.4, 0.5) is 0 Å². The number of sulfonamides is 1. The molecule has 1 saturated heterocycles. The van der Waals surface area contributed by atoms with Crippen LogP contribution in [0.1, 0.15) is 38.0 Å². The van der Waals surface area contributed by atoms with Crippen LogP contribution in [0.2, 0.25) is 0 Å². The van der Waals surface area contributed by atoms with Gasteiger partial charge in [-0.25, -0.2) is 13.1 Å². The summed E-state index contributed by atoms with van der Waals surface area (Å²) in [5.74, 6) is 0. The fraction of sp³-hybridized carbons (Fsp3) is 0.714. The van der Waals surface area contributed by atoms with Crippen molar-refractivity contribution in [1.29, 1.82) is 0 Å². The number of rotatable bonds is 6. The highest BCUT2D eigenvalue weighted by molar-refractivity contribution is 7.91. The lowest BCUT2D eigenvalue weighted by Crippen LogP contribution is -2.44. The molecule has 6 heteroatoms. The van der Waals surface area contributed by atoms with Gasteiger partial charge in [0.25, 0.3) is 0 Å². The van der Waals surface area contributed by atoms with E-state index in [1.807, 2.05) is 13.0 Å². The Morgan fingerprint density at radius 1 is 1.30 bits per heavy atom. The van der Waals surface area contributed by atoms with E-state index in [0.717, 1.165) is 50.2 Å². The van der Waals surface area contributed by atoms with Gasteiger partial charge in [0.05, 0.1) is 0 Å². The minimum Gasteiger partial charge on any atom is -0.303 e. The molecule has 4 nitrogen and oxygen atoms in total. The maximum atomic E-state index is 12.3. The third-order valence-electron chi connectivity index (χ3n) is 3.70. The second-order valence-corrected chi connectivity index (χ2v) is 8.42. The quantitative estimate of drug-likeness (QED) is 0.877. The summed E-state index contributed by atoms with van der Waals surface area (Å²) in [5.41, 5.74) is 0. The van der Waals surface area contributed by atoms with Crippen LogP contribution in [-0.4, -0.2) is 39.0 Å². The second kappa shape index (κ2) is 7.02. The number of piperidine rings is 1. The molecule has 20 heavy (non-hydrogen) atoms. The predicted octanol–water partition coefficient (Wildman–Crippen LogP) is 2.46. The van der Waals surface area contributed by atoms with E-state index in [1.54, 1.807) is 6.07 Å². The van der Waals surface area contributed by atoms with E-state index < -0.39 is 10.0 Å². The number of hydrogen-bond donors (Lipinski definition) is 1. The molecule has 0 radical (unpaired) electrons. The van der Waals surface area contributed by atoms with Crippen molar-refractivity contribution in [3.8, 4) is 0 Å². The van der Waals surface area contributed by atoms with Gasteiger partial charge in [-0.1, -0.05) is 13.8 Å². The zero-order valence-electron chi connectivity index (χ0n) is 12.3. The van der Waals surface area contributed by atoms with Crippen LogP contribution >= 0.6 is 11.3 Å². The number of nitrogens with zero attached hydrogens (tertiary/aromatic N) is 1. The van der Waals surface area contributed by atoms with Crippen LogP contribution in [0, 0.1) is 0 Å². The van der Waals surface area contributed by atoms with Crippen LogP contribution in [0.15, 0.2) is 16.3 Å². The van der Waals surface area contributed by atoms with Gasteiger partial charge in [-0.05, 0) is 57.5 Å². The largest absolute Gasteiger partial charge is 0.303 e. The molecule has 1 aliphatic heterocycles. The van der Waals surface area contributed by atoms with Gasteiger partial charge >= 0.3 is 0 Å². The standard InChI is InChI=1S/C14H24N2O2S2/c1-3-9-16-10-7-12(8-11-16)15-20(17,18)14-6-5-13(4-2)19-14/h5-6,12,15H,3-4,7-11H2,1-2H3. The van der Waals surface area contributed by atoms with Crippen LogP contribution in [-0.2, 0) is 16.4 Å². The summed E-state index contributed by atoms with van der Waals surface area (Å²) < 4.78 is 28.0. The SMILES string of the molecule is CCCN1CCC(NS(=O)(=O)c2ccc(CC)s2)CC1. The number of likely N-dealkylation sites (tertiary alicyclic amines) is 1. The average molecular weight is 316 g/mol. The smallest absolute Gasteiger partial charge is 0.250 e. The first-order valence-electron chi connectivity index (χ1n) is 7.38. The molecule has 1 aromatic heterocycles. The molecule has 2 heterocycles. The molecule has 1 N–H and O–H groups in total. The Kier molecular flexibility index (Phi) is 5.60. The summed E-state index contributed by atoms with van der Waals surface area (Å²) in [7, 11) is -3.33. The number of nitrogens with one attached hydrogen (secondary N) is 1. The Bertz CT molecular complexity index is 517. The highest BCUT2D eigenvalue weighted by Gasteiger charge is 2.25. The van der Waals surface area contributed by atoms with Crippen molar-refractivity contribution < 1.29 is 8.42 Å². The Morgan fingerprint density at radius 3 is 2.55 bits per heavy atom. The number of aryl methyl sites for hydroxylation is 1. The normalized spacial score (nSPS) is 18.5. The summed E-state index contributed by atoms with van der Waals surface area (Å²) in [6.07, 6.45) is 3.86. The molecule has 0 amide bonds. The maximum Gasteiger partial charge on any atom is 0.250 e. The zero-order chi connectivity index (χ0) is 14.6. The predicted molar refractivity (Wildman–Crippen MR) is 83.8 cm³/mol. The van der Waals surface area contributed by atoms with Crippen LogP contribution in [0.25, 0.3) is 0 Å². The summed E-state index contributed by atoms with van der Waals surface area (Å²) in [4.78, 5) is 3.52. The Labute approximate surface area is 126 Å². The fourth-order valence-electron chi connectivity index (χ4n) is 2.56. The summed E-state index contributed by atoms with van der Waals surface area (Å²) in [6, 6.07) is 3.71. The number of hydrogen-bond acceptors (Lipinski definition) is 4. The van der Waals surface area contributed by atoms with Crippen molar-refractivity contribution in [2.24, 2.45) is 0 Å². The van der Waals surface area contributed by atoms with Gasteiger partial charge in [0.2, 0.25) is 10.0 Å². The Morgan fingerprint density at radius 2 is 2.00 bits per heavy atom. The average Bonchev–Trinajstić information content (AvgIpc) is 2.91. The van der Waals surface area contributed by atoms with E-state index in [0.29, 0.717) is 4.21 Å². The highest BCUT2D eigenvalue weighted by atomic mass is 32.2. The van der Waals surface area contributed by atoms with Gasteiger partial charge in [0.1, 0.15) is 4.21 Å². The molecule has 0 unspecified atom stereocenters. The van der Waals surface area contributed by atoms with Gasteiger partial charge in [-0.15, -0.1) is 11.3 Å². The van der Waals surface area contributed by atoms with E-state index in [1.165, 1.54) is 11.3 Å². The third-order valence-corrected chi connectivity index (χ3v) is 6.94. The van der Waals surface area contributed by atoms with Crippen LogP contribution < -0.4 is 4.72 Å². The molecule has 0 aliphatic carbocycles. The molecule has 0 aromatic carbocycles. The van der Waals surface area contributed by atoms with Crippen molar-refractivity contribution >= 4 is 21.4 Å². The van der Waals surface area contributed by atoms with E-state index in [9.17, 15) is 8.42 Å². The molecule has 0 saturated carbocycles. The number of thiophene rings is 1. The molecule has 0 spiro atoms. The molecule has 1 fully saturated rings. The second-order valence-electron chi connectivity index (χ2n) is 5.31. The third kappa shape index (κ3) is 4.04. The highest BCUT2D eigenvalue weighted by Crippen LogP contribution is 2.23. The lowest BCUT2D eigenvalue weighted by molar-refractivity contribution is 0.208. The molecule has 0 bridgehead atoms. The summed E-state index contributed by atoms with van der Waals surface area (Å²) >= 11 is 1.38. The van der Waals surface area contributed by atoms with Crippen LogP contribution in [0.3, 0.4) is 0 Å². The van der Waals surface area contributed by atoms with Gasteiger partial charge in [0, 0.05) is 10.9 Å². The lowest BCUT2D eigenvalue weighted by Gasteiger charge is -2.31. The van der Waals surface area contributed by atoms with E-state index in [2.05, 4.69) is 16.5 Å². The Balaban J connectivity index is 1.92. The summed E-state index contributed by atoms with van der Waals surface area (Å²) in [5, 5.41) is 0. The van der Waals surface area contributed by atoms with Crippen molar-refractivity contribution in [2.75, 3.05) is 19.6 Å². The van der Waals surface area contributed by atoms with Gasteiger partial charge in [-0.3, -0.25) is 0 Å². The topological polar surface area (TPSA) is 49.4 Å². The molecule has 2 rings (SSSR count). The molecule has 1 aromatic rings. The van der Waals surface area contributed by atoms with Crippen molar-refractivity contribution in [1.82, 2.24) is 9.62 Å². The summed E-state index contributed by atoms with van der Waals surface area (Å²) in [6.45, 7) is 7.32. The molecule has 0 atom stereocenters. The molecular formula is C14H24N2O2S2. The van der Waals surface area contributed by atoms with E-state index >= 15 is 0 Å². The van der Waals surface area contributed by atoms with E-state index in [-0.39, 0.29) is 6.04 Å². The first-order chi connectivity index (χ1) is 9.55. The minimum atomic E-state index is -3.33. The van der Waals surface area contributed by atoms with Gasteiger partial charge in [0.15, 0.2) is 0 Å². The first kappa shape index (κ1) is 15.9. The first-order valence-corrected chi connectivity index (χ1v) is 9.68. The van der Waals surface area contributed by atoms with E-state index in [4.69, 9.17) is 0 Å². The fourth-order valence-corrected chi connectivity index (χ4v) is 5.18. The van der Waals surface area contributed by atoms with Gasteiger partial charge in [-0.2, -0.15) is 0 Å². The molecular weight excluding hydrogens is 292 g/mol. The Hall–Kier alpha value is -0.430. The zero-order valence-corrected chi connectivity index (χ0v) is 13.9. The maximum absolute atomic E-state index is 12.3. The molecule has 1 aliphatic rings. The minimum absolute atomic E-state index is 0.0836. The van der Waals surface area contributed by atoms with Gasteiger partial charge < -0.3 is 4.90 Å². The van der Waals surface area contributed by atoms with Crippen LogP contribution in [0.5, 0.6) is 0 Å². The van der Waals surface area contributed by atoms with Crippen molar-refractivity contribution in [2.45, 2.75) is 49.8 Å².